The first-order valence-electron chi connectivity index (χ1n) is 6.77. The third-order valence-corrected chi connectivity index (χ3v) is 4.12. The van der Waals surface area contributed by atoms with Crippen molar-refractivity contribution in [1.82, 2.24) is 4.98 Å². The van der Waals surface area contributed by atoms with Gasteiger partial charge in [-0.15, -0.1) is 11.3 Å². The number of hydrogen-bond donors (Lipinski definition) is 1. The molecule has 0 amide bonds. The zero-order valence-corrected chi connectivity index (χ0v) is 13.5. The van der Waals surface area contributed by atoms with Crippen LogP contribution in [-0.2, 0) is 11.8 Å². The topological polar surface area (TPSA) is 42.4 Å². The summed E-state index contributed by atoms with van der Waals surface area (Å²) in [7, 11) is 1.41. The van der Waals surface area contributed by atoms with E-state index in [1.165, 1.54) is 30.6 Å². The molecular weight excluding hydrogens is 289 g/mol. The van der Waals surface area contributed by atoms with E-state index in [-0.39, 0.29) is 11.2 Å². The number of ether oxygens (including phenoxy) is 1. The molecule has 1 atom stereocenters. The second-order valence-electron chi connectivity index (χ2n) is 5.99. The van der Waals surface area contributed by atoms with E-state index < -0.39 is 11.9 Å². The minimum Gasteiger partial charge on any atom is -0.494 e. The first kappa shape index (κ1) is 15.9. The van der Waals surface area contributed by atoms with Crippen LogP contribution in [0, 0.1) is 5.82 Å². The number of benzene rings is 1. The number of aliphatic hydroxyl groups excluding tert-OH is 1. The van der Waals surface area contributed by atoms with Gasteiger partial charge < -0.3 is 9.84 Å². The van der Waals surface area contributed by atoms with Crippen molar-refractivity contribution in [2.75, 3.05) is 7.11 Å². The van der Waals surface area contributed by atoms with Gasteiger partial charge in [-0.3, -0.25) is 0 Å². The molecule has 3 nitrogen and oxygen atoms in total. The number of nitrogens with zero attached hydrogens (tertiary/aromatic N) is 1. The third kappa shape index (κ3) is 3.80. The molecule has 1 unspecified atom stereocenters. The molecule has 1 heterocycles. The molecule has 1 N–H and O–H groups in total. The normalized spacial score (nSPS) is 13.2. The smallest absolute Gasteiger partial charge is 0.165 e. The fourth-order valence-electron chi connectivity index (χ4n) is 1.92. The molecule has 0 aliphatic carbocycles. The molecule has 5 heteroatoms. The Balaban J connectivity index is 2.12. The fourth-order valence-corrected chi connectivity index (χ4v) is 2.98. The minimum atomic E-state index is -0.774. The van der Waals surface area contributed by atoms with E-state index in [2.05, 4.69) is 25.8 Å². The number of hydrogen-bond acceptors (Lipinski definition) is 4. The van der Waals surface area contributed by atoms with Gasteiger partial charge in [-0.1, -0.05) is 26.8 Å². The van der Waals surface area contributed by atoms with Gasteiger partial charge in [0, 0.05) is 17.2 Å². The monoisotopic (exact) mass is 309 g/mol. The van der Waals surface area contributed by atoms with E-state index in [1.54, 1.807) is 6.07 Å². The van der Waals surface area contributed by atoms with Gasteiger partial charge in [-0.05, 0) is 17.7 Å². The molecule has 1 aromatic carbocycles. The largest absolute Gasteiger partial charge is 0.494 e. The highest BCUT2D eigenvalue weighted by Gasteiger charge is 2.19. The lowest BCUT2D eigenvalue weighted by Gasteiger charge is -2.14. The minimum absolute atomic E-state index is 0.00801. The van der Waals surface area contributed by atoms with Crippen LogP contribution >= 0.6 is 11.3 Å². The van der Waals surface area contributed by atoms with Crippen LogP contribution < -0.4 is 4.74 Å². The Bertz CT molecular complexity index is 619. The van der Waals surface area contributed by atoms with Crippen LogP contribution in [0.5, 0.6) is 5.75 Å². The van der Waals surface area contributed by atoms with Gasteiger partial charge >= 0.3 is 0 Å². The zero-order valence-electron chi connectivity index (χ0n) is 12.7. The molecule has 21 heavy (non-hydrogen) atoms. The number of thiazole rings is 1. The maximum atomic E-state index is 13.7. The van der Waals surface area contributed by atoms with E-state index in [4.69, 9.17) is 4.74 Å². The van der Waals surface area contributed by atoms with Crippen molar-refractivity contribution in [2.24, 2.45) is 0 Å². The van der Waals surface area contributed by atoms with Crippen molar-refractivity contribution in [3.05, 3.63) is 45.7 Å². The van der Waals surface area contributed by atoms with Crippen LogP contribution in [0.2, 0.25) is 0 Å². The molecule has 1 aromatic heterocycles. The molecule has 114 valence electrons. The Kier molecular flexibility index (Phi) is 4.64. The summed E-state index contributed by atoms with van der Waals surface area (Å²) in [5.74, 6) is -0.293. The highest BCUT2D eigenvalue weighted by Crippen LogP contribution is 2.28. The Morgan fingerprint density at radius 3 is 2.62 bits per heavy atom. The second kappa shape index (κ2) is 6.12. The van der Waals surface area contributed by atoms with Gasteiger partial charge in [-0.25, -0.2) is 9.37 Å². The number of rotatable bonds is 4. The molecular formula is C16H20FNO2S. The second-order valence-corrected chi connectivity index (χ2v) is 6.93. The van der Waals surface area contributed by atoms with Crippen molar-refractivity contribution in [3.63, 3.8) is 0 Å². The predicted molar refractivity (Wildman–Crippen MR) is 82.4 cm³/mol. The van der Waals surface area contributed by atoms with Crippen molar-refractivity contribution in [3.8, 4) is 5.75 Å². The maximum Gasteiger partial charge on any atom is 0.165 e. The molecule has 0 aliphatic rings. The number of aromatic nitrogens is 1. The van der Waals surface area contributed by atoms with E-state index in [1.807, 2.05) is 5.38 Å². The number of aliphatic hydroxyl groups is 1. The van der Waals surface area contributed by atoms with Crippen LogP contribution in [0.4, 0.5) is 4.39 Å². The Morgan fingerprint density at radius 2 is 2.10 bits per heavy atom. The zero-order chi connectivity index (χ0) is 15.6. The Hall–Kier alpha value is -1.46. The summed E-state index contributed by atoms with van der Waals surface area (Å²) in [6.45, 7) is 6.29. The van der Waals surface area contributed by atoms with Crippen LogP contribution in [0.25, 0.3) is 0 Å². The molecule has 0 bridgehead atoms. The van der Waals surface area contributed by atoms with Crippen molar-refractivity contribution >= 4 is 11.3 Å². The Labute approximate surface area is 128 Å². The summed E-state index contributed by atoms with van der Waals surface area (Å²) in [4.78, 5) is 4.54. The van der Waals surface area contributed by atoms with Gasteiger partial charge in [0.05, 0.1) is 23.9 Å². The van der Waals surface area contributed by atoms with Crippen LogP contribution in [-0.4, -0.2) is 17.2 Å². The van der Waals surface area contributed by atoms with Crippen molar-refractivity contribution < 1.29 is 14.2 Å². The number of methoxy groups -OCH3 is 1. The summed E-state index contributed by atoms with van der Waals surface area (Å²) in [5, 5.41) is 13.1. The SMILES string of the molecule is COc1ccc(C(O)Cc2nc(C(C)(C)C)cs2)cc1F. The molecule has 2 aromatic rings. The first-order valence-corrected chi connectivity index (χ1v) is 7.65. The van der Waals surface area contributed by atoms with Crippen LogP contribution in [0.3, 0.4) is 0 Å². The first-order chi connectivity index (χ1) is 9.81. The lowest BCUT2D eigenvalue weighted by atomic mass is 9.93. The molecule has 0 aliphatic heterocycles. The highest BCUT2D eigenvalue weighted by atomic mass is 32.1. The molecule has 0 saturated heterocycles. The van der Waals surface area contributed by atoms with Crippen LogP contribution in [0.1, 0.15) is 43.1 Å². The van der Waals surface area contributed by atoms with Gasteiger partial charge in [0.2, 0.25) is 0 Å². The van der Waals surface area contributed by atoms with Crippen molar-refractivity contribution in [1.29, 1.82) is 0 Å². The van der Waals surface area contributed by atoms with E-state index >= 15 is 0 Å². The summed E-state index contributed by atoms with van der Waals surface area (Å²) in [5.41, 5.74) is 1.53. The van der Waals surface area contributed by atoms with Gasteiger partial charge in [0.25, 0.3) is 0 Å². The van der Waals surface area contributed by atoms with Gasteiger partial charge in [0.1, 0.15) is 0 Å². The lowest BCUT2D eigenvalue weighted by molar-refractivity contribution is 0.177. The third-order valence-electron chi connectivity index (χ3n) is 3.25. The number of halogens is 1. The lowest BCUT2D eigenvalue weighted by Crippen LogP contribution is -2.12. The standard InChI is InChI=1S/C16H20FNO2S/c1-16(2,3)14-9-21-15(18-14)8-12(19)10-5-6-13(20-4)11(17)7-10/h5-7,9,12,19H,8H2,1-4H3. The maximum absolute atomic E-state index is 13.7. The predicted octanol–water partition coefficient (Wildman–Crippen LogP) is 3.86. The van der Waals surface area contributed by atoms with Crippen molar-refractivity contribution in [2.45, 2.75) is 38.7 Å². The molecule has 0 radical (unpaired) electrons. The fraction of sp³-hybridized carbons (Fsp3) is 0.438. The van der Waals surface area contributed by atoms with E-state index in [0.717, 1.165) is 10.7 Å². The average molecular weight is 309 g/mol. The quantitative estimate of drug-likeness (QED) is 0.932. The summed E-state index contributed by atoms with van der Waals surface area (Å²) < 4.78 is 18.5. The van der Waals surface area contributed by atoms with E-state index in [9.17, 15) is 9.50 Å². The highest BCUT2D eigenvalue weighted by molar-refractivity contribution is 7.09. The van der Waals surface area contributed by atoms with Gasteiger partial charge in [-0.2, -0.15) is 0 Å². The van der Waals surface area contributed by atoms with E-state index in [0.29, 0.717) is 12.0 Å². The summed E-state index contributed by atoms with van der Waals surface area (Å²) in [6.07, 6.45) is -0.392. The Morgan fingerprint density at radius 1 is 1.38 bits per heavy atom. The van der Waals surface area contributed by atoms with Crippen LogP contribution in [0.15, 0.2) is 23.6 Å². The molecule has 0 spiro atoms. The van der Waals surface area contributed by atoms with Gasteiger partial charge in [0.15, 0.2) is 11.6 Å². The molecule has 2 rings (SSSR count). The summed E-state index contributed by atoms with van der Waals surface area (Å²) >= 11 is 1.52. The summed E-state index contributed by atoms with van der Waals surface area (Å²) in [6, 6.07) is 4.50. The molecule has 0 fully saturated rings. The molecule has 0 saturated carbocycles. The average Bonchev–Trinajstić information content (AvgIpc) is 2.87.